The van der Waals surface area contributed by atoms with Crippen molar-refractivity contribution < 1.29 is 4.74 Å². The van der Waals surface area contributed by atoms with Crippen LogP contribution in [0.2, 0.25) is 0 Å². The first-order valence-corrected chi connectivity index (χ1v) is 11.0. The van der Waals surface area contributed by atoms with E-state index in [-0.39, 0.29) is 12.0 Å². The third kappa shape index (κ3) is 4.81. The molecule has 1 atom stereocenters. The summed E-state index contributed by atoms with van der Waals surface area (Å²) in [4.78, 5) is 9.93. The Kier molecular flexibility index (Phi) is 7.24. The topological polar surface area (TPSA) is 35.0 Å². The van der Waals surface area contributed by atoms with E-state index in [4.69, 9.17) is 14.7 Å². The van der Waals surface area contributed by atoms with E-state index in [0.29, 0.717) is 0 Å². The molecule has 0 amide bonds. The van der Waals surface area contributed by atoms with Gasteiger partial charge in [-0.25, -0.2) is 9.97 Å². The summed E-state index contributed by atoms with van der Waals surface area (Å²) in [5.74, 6) is 0.992. The van der Waals surface area contributed by atoms with Crippen LogP contribution in [0.25, 0.3) is 21.8 Å². The second-order valence-electron chi connectivity index (χ2n) is 8.07. The summed E-state index contributed by atoms with van der Waals surface area (Å²) in [6.07, 6.45) is 8.77. The van der Waals surface area contributed by atoms with Gasteiger partial charge in [-0.3, -0.25) is 0 Å². The van der Waals surface area contributed by atoms with Gasteiger partial charge in [-0.15, -0.1) is 0 Å². The van der Waals surface area contributed by atoms with Gasteiger partial charge in [0.1, 0.15) is 11.8 Å². The Morgan fingerprint density at radius 3 is 2.43 bits per heavy atom. The second kappa shape index (κ2) is 9.86. The van der Waals surface area contributed by atoms with Crippen molar-refractivity contribution in [3.63, 3.8) is 0 Å². The number of ether oxygens (including phenoxy) is 1. The molecule has 28 heavy (non-hydrogen) atoms. The molecular weight excluding hydrogens is 344 g/mol. The SMILES string of the molecule is CCCCCCC[C@H](CC)Oc1nc2ccc3ccccc3c2nc1C(C)C. The molecule has 3 heteroatoms. The third-order valence-electron chi connectivity index (χ3n) is 5.46. The minimum absolute atomic E-state index is 0.214. The fraction of sp³-hybridized carbons (Fsp3) is 0.520. The lowest BCUT2D eigenvalue weighted by Crippen LogP contribution is -2.18. The molecule has 1 heterocycles. The van der Waals surface area contributed by atoms with Gasteiger partial charge < -0.3 is 4.74 Å². The summed E-state index contributed by atoms with van der Waals surface area (Å²) in [6, 6.07) is 12.6. The Morgan fingerprint density at radius 1 is 0.893 bits per heavy atom. The van der Waals surface area contributed by atoms with Gasteiger partial charge in [-0.1, -0.05) is 83.7 Å². The van der Waals surface area contributed by atoms with Crippen molar-refractivity contribution in [2.45, 2.75) is 84.7 Å². The molecule has 2 aromatic carbocycles. The number of nitrogens with zero attached hydrogens (tertiary/aromatic N) is 2. The summed E-state index contributed by atoms with van der Waals surface area (Å²) in [5.41, 5.74) is 2.85. The first kappa shape index (κ1) is 20.6. The summed E-state index contributed by atoms with van der Waals surface area (Å²) in [5, 5.41) is 2.36. The lowest BCUT2D eigenvalue weighted by atomic mass is 10.1. The van der Waals surface area contributed by atoms with Gasteiger partial charge >= 0.3 is 0 Å². The van der Waals surface area contributed by atoms with Gasteiger partial charge in [-0.2, -0.15) is 0 Å². The molecule has 0 aliphatic carbocycles. The molecule has 150 valence electrons. The number of aromatic nitrogens is 2. The number of hydrogen-bond donors (Lipinski definition) is 0. The van der Waals surface area contributed by atoms with E-state index in [9.17, 15) is 0 Å². The highest BCUT2D eigenvalue weighted by molar-refractivity contribution is 6.03. The molecule has 0 spiro atoms. The Morgan fingerprint density at radius 2 is 1.68 bits per heavy atom. The molecule has 3 rings (SSSR count). The molecule has 0 saturated heterocycles. The highest BCUT2D eigenvalue weighted by Crippen LogP contribution is 2.30. The molecule has 0 fully saturated rings. The lowest BCUT2D eigenvalue weighted by Gasteiger charge is -2.20. The van der Waals surface area contributed by atoms with Crippen LogP contribution < -0.4 is 4.74 Å². The van der Waals surface area contributed by atoms with Gasteiger partial charge in [0.2, 0.25) is 5.88 Å². The highest BCUT2D eigenvalue weighted by Gasteiger charge is 2.18. The molecule has 0 saturated carbocycles. The Hall–Kier alpha value is -2.16. The van der Waals surface area contributed by atoms with E-state index in [1.807, 2.05) is 0 Å². The van der Waals surface area contributed by atoms with Crippen LogP contribution in [0.4, 0.5) is 0 Å². The van der Waals surface area contributed by atoms with Crippen LogP contribution in [0.5, 0.6) is 5.88 Å². The largest absolute Gasteiger partial charge is 0.473 e. The predicted octanol–water partition coefficient (Wildman–Crippen LogP) is 7.42. The first-order chi connectivity index (χ1) is 13.6. The zero-order chi connectivity index (χ0) is 19.9. The number of rotatable bonds is 10. The summed E-state index contributed by atoms with van der Waals surface area (Å²) < 4.78 is 6.41. The molecule has 0 aliphatic heterocycles. The maximum Gasteiger partial charge on any atom is 0.236 e. The molecule has 0 N–H and O–H groups in total. The van der Waals surface area contributed by atoms with E-state index < -0.39 is 0 Å². The second-order valence-corrected chi connectivity index (χ2v) is 8.07. The molecule has 0 unspecified atom stereocenters. The third-order valence-corrected chi connectivity index (χ3v) is 5.46. The van der Waals surface area contributed by atoms with Gasteiger partial charge in [0.15, 0.2) is 0 Å². The van der Waals surface area contributed by atoms with Crippen molar-refractivity contribution in [3.8, 4) is 5.88 Å². The van der Waals surface area contributed by atoms with Crippen LogP contribution in [0, 0.1) is 0 Å². The molecular formula is C25H34N2O. The number of hydrogen-bond acceptors (Lipinski definition) is 3. The van der Waals surface area contributed by atoms with Gasteiger partial charge in [0, 0.05) is 11.3 Å². The number of unbranched alkanes of at least 4 members (excludes halogenated alkanes) is 4. The number of fused-ring (bicyclic) bond motifs is 3. The van der Waals surface area contributed by atoms with E-state index in [1.165, 1.54) is 37.5 Å². The van der Waals surface area contributed by atoms with Crippen molar-refractivity contribution in [2.75, 3.05) is 0 Å². The minimum atomic E-state index is 0.214. The molecule has 3 nitrogen and oxygen atoms in total. The average molecular weight is 379 g/mol. The van der Waals surface area contributed by atoms with E-state index in [2.05, 4.69) is 64.1 Å². The Bertz CT molecular complexity index is 904. The quantitative estimate of drug-likeness (QED) is 0.272. The minimum Gasteiger partial charge on any atom is -0.473 e. The van der Waals surface area contributed by atoms with Crippen molar-refractivity contribution in [1.29, 1.82) is 0 Å². The Labute approximate surface area is 169 Å². The van der Waals surface area contributed by atoms with Gasteiger partial charge in [0.25, 0.3) is 0 Å². The maximum atomic E-state index is 6.41. The molecule has 0 aliphatic rings. The normalized spacial score (nSPS) is 12.8. The Balaban J connectivity index is 1.87. The first-order valence-electron chi connectivity index (χ1n) is 11.0. The predicted molar refractivity (Wildman–Crippen MR) is 119 cm³/mol. The van der Waals surface area contributed by atoms with Crippen LogP contribution in [0.1, 0.15) is 84.3 Å². The van der Waals surface area contributed by atoms with Gasteiger partial charge in [0.05, 0.1) is 11.0 Å². The van der Waals surface area contributed by atoms with Crippen LogP contribution in [0.15, 0.2) is 36.4 Å². The molecule has 0 radical (unpaired) electrons. The molecule has 1 aromatic heterocycles. The van der Waals surface area contributed by atoms with Crippen molar-refractivity contribution in [2.24, 2.45) is 0 Å². The van der Waals surface area contributed by atoms with Crippen molar-refractivity contribution >= 4 is 21.8 Å². The molecule has 0 bridgehead atoms. The van der Waals surface area contributed by atoms with Crippen LogP contribution in [-0.2, 0) is 0 Å². The monoisotopic (exact) mass is 378 g/mol. The van der Waals surface area contributed by atoms with E-state index >= 15 is 0 Å². The molecule has 3 aromatic rings. The summed E-state index contributed by atoms with van der Waals surface area (Å²) >= 11 is 0. The van der Waals surface area contributed by atoms with Crippen LogP contribution in [-0.4, -0.2) is 16.1 Å². The smallest absolute Gasteiger partial charge is 0.236 e. The average Bonchev–Trinajstić information content (AvgIpc) is 2.71. The highest BCUT2D eigenvalue weighted by atomic mass is 16.5. The van der Waals surface area contributed by atoms with Crippen LogP contribution in [0.3, 0.4) is 0 Å². The fourth-order valence-electron chi connectivity index (χ4n) is 3.73. The van der Waals surface area contributed by atoms with Crippen LogP contribution >= 0.6 is 0 Å². The zero-order valence-corrected chi connectivity index (χ0v) is 17.9. The van der Waals surface area contributed by atoms with Crippen molar-refractivity contribution in [3.05, 3.63) is 42.1 Å². The fourth-order valence-corrected chi connectivity index (χ4v) is 3.73. The maximum absolute atomic E-state index is 6.41. The summed E-state index contributed by atoms with van der Waals surface area (Å²) in [6.45, 7) is 8.79. The number of benzene rings is 2. The van der Waals surface area contributed by atoms with E-state index in [1.54, 1.807) is 0 Å². The van der Waals surface area contributed by atoms with Crippen molar-refractivity contribution in [1.82, 2.24) is 9.97 Å². The van der Waals surface area contributed by atoms with Gasteiger partial charge in [-0.05, 0) is 30.7 Å². The summed E-state index contributed by atoms with van der Waals surface area (Å²) in [7, 11) is 0. The zero-order valence-electron chi connectivity index (χ0n) is 17.9. The lowest BCUT2D eigenvalue weighted by molar-refractivity contribution is 0.172. The van der Waals surface area contributed by atoms with E-state index in [0.717, 1.165) is 40.8 Å². The standard InChI is InChI=1S/C25H34N2O/c1-5-7-8-9-10-14-20(6-2)28-25-23(18(3)4)27-24-21-15-12-11-13-19(21)16-17-22(24)26-25/h11-13,15-18,20H,5-10,14H2,1-4H3/t20-/m0/s1.